The highest BCUT2D eigenvalue weighted by molar-refractivity contribution is 5.39. The summed E-state index contributed by atoms with van der Waals surface area (Å²) in [4.78, 5) is 1.92. The molecule has 1 atom stereocenters. The summed E-state index contributed by atoms with van der Waals surface area (Å²) in [5, 5.41) is 6.86. The molecule has 1 aliphatic rings. The van der Waals surface area contributed by atoms with Crippen LogP contribution in [0.25, 0.3) is 0 Å². The molecule has 4 nitrogen and oxygen atoms in total. The second-order valence-corrected chi connectivity index (χ2v) is 4.96. The van der Waals surface area contributed by atoms with Crippen molar-refractivity contribution in [2.24, 2.45) is 11.1 Å². The van der Waals surface area contributed by atoms with Gasteiger partial charge in [-0.2, -0.15) is 13.2 Å². The lowest BCUT2D eigenvalue weighted by molar-refractivity contribution is -0.141. The quantitative estimate of drug-likeness (QED) is 0.878. The third-order valence-electron chi connectivity index (χ3n) is 3.32. The van der Waals surface area contributed by atoms with Crippen molar-refractivity contribution in [3.05, 3.63) is 17.8 Å². The van der Waals surface area contributed by atoms with Gasteiger partial charge in [-0.25, -0.2) is 0 Å². The average molecular weight is 260 g/mol. The summed E-state index contributed by atoms with van der Waals surface area (Å²) in [5.74, 6) is 0.472. The Hall–Kier alpha value is -1.37. The van der Waals surface area contributed by atoms with Gasteiger partial charge in [0.15, 0.2) is 11.5 Å². The van der Waals surface area contributed by atoms with Crippen LogP contribution in [0.15, 0.2) is 12.1 Å². The smallest absolute Gasteiger partial charge is 0.355 e. The van der Waals surface area contributed by atoms with Crippen molar-refractivity contribution >= 4 is 5.82 Å². The third kappa shape index (κ3) is 2.55. The molecule has 0 radical (unpaired) electrons. The van der Waals surface area contributed by atoms with Crippen molar-refractivity contribution in [1.29, 1.82) is 0 Å². The monoisotopic (exact) mass is 260 g/mol. The van der Waals surface area contributed by atoms with E-state index in [-0.39, 0.29) is 5.41 Å². The molecule has 0 bridgehead atoms. The first-order valence-corrected chi connectivity index (χ1v) is 5.70. The number of alkyl halides is 3. The zero-order chi connectivity index (χ0) is 13.4. The van der Waals surface area contributed by atoms with Gasteiger partial charge >= 0.3 is 6.18 Å². The van der Waals surface area contributed by atoms with Crippen molar-refractivity contribution in [1.82, 2.24) is 10.2 Å². The average Bonchev–Trinajstić information content (AvgIpc) is 2.72. The van der Waals surface area contributed by atoms with E-state index in [4.69, 9.17) is 5.73 Å². The van der Waals surface area contributed by atoms with E-state index in [2.05, 4.69) is 17.1 Å². The second kappa shape index (κ2) is 4.38. The molecule has 100 valence electrons. The SMILES string of the molecule is CC1(CN)CCN(c2ccc(C(F)(F)F)nn2)C1. The zero-order valence-corrected chi connectivity index (χ0v) is 10.0. The normalized spacial score (nSPS) is 24.6. The van der Waals surface area contributed by atoms with Gasteiger partial charge in [0.1, 0.15) is 0 Å². The van der Waals surface area contributed by atoms with Crippen LogP contribution < -0.4 is 10.6 Å². The van der Waals surface area contributed by atoms with Crippen molar-refractivity contribution in [3.63, 3.8) is 0 Å². The molecule has 18 heavy (non-hydrogen) atoms. The van der Waals surface area contributed by atoms with Gasteiger partial charge < -0.3 is 10.6 Å². The Bertz CT molecular complexity index is 417. The van der Waals surface area contributed by atoms with E-state index in [1.807, 2.05) is 4.90 Å². The van der Waals surface area contributed by atoms with Crippen LogP contribution in [0.3, 0.4) is 0 Å². The lowest BCUT2D eigenvalue weighted by Crippen LogP contribution is -2.31. The molecule has 2 heterocycles. The highest BCUT2D eigenvalue weighted by atomic mass is 19.4. The number of anilines is 1. The highest BCUT2D eigenvalue weighted by Gasteiger charge is 2.35. The predicted octanol–water partition coefficient (Wildman–Crippen LogP) is 1.67. The summed E-state index contributed by atoms with van der Waals surface area (Å²) >= 11 is 0. The molecule has 1 aromatic rings. The maximum Gasteiger partial charge on any atom is 0.435 e. The Morgan fingerprint density at radius 1 is 1.39 bits per heavy atom. The molecular formula is C11H15F3N4. The maximum atomic E-state index is 12.3. The molecule has 0 spiro atoms. The Labute approximate surface area is 103 Å². The van der Waals surface area contributed by atoms with E-state index in [1.54, 1.807) is 0 Å². The number of nitrogens with two attached hydrogens (primary N) is 1. The molecule has 0 saturated carbocycles. The van der Waals surface area contributed by atoms with Gasteiger partial charge in [-0.05, 0) is 30.5 Å². The van der Waals surface area contributed by atoms with Gasteiger partial charge in [-0.15, -0.1) is 10.2 Å². The van der Waals surface area contributed by atoms with Crippen molar-refractivity contribution in [3.8, 4) is 0 Å². The summed E-state index contributed by atoms with van der Waals surface area (Å²) in [7, 11) is 0. The minimum Gasteiger partial charge on any atom is -0.355 e. The summed E-state index contributed by atoms with van der Waals surface area (Å²) in [6, 6.07) is 2.32. The first-order valence-electron chi connectivity index (χ1n) is 5.70. The Balaban J connectivity index is 2.12. The number of hydrogen-bond donors (Lipinski definition) is 1. The van der Waals surface area contributed by atoms with Crippen LogP contribution >= 0.6 is 0 Å². The fraction of sp³-hybridized carbons (Fsp3) is 0.636. The van der Waals surface area contributed by atoms with Crippen molar-refractivity contribution < 1.29 is 13.2 Å². The standard InChI is InChI=1S/C11H15F3N4/c1-10(6-15)4-5-18(7-10)9-3-2-8(16-17-9)11(12,13)14/h2-3H,4-7,15H2,1H3. The maximum absolute atomic E-state index is 12.3. The molecule has 7 heteroatoms. The minimum absolute atomic E-state index is 0.00434. The summed E-state index contributed by atoms with van der Waals surface area (Å²) in [5.41, 5.74) is 4.72. The van der Waals surface area contributed by atoms with E-state index in [0.717, 1.165) is 19.0 Å². The van der Waals surface area contributed by atoms with Gasteiger partial charge in [-0.3, -0.25) is 0 Å². The van der Waals surface area contributed by atoms with E-state index in [9.17, 15) is 13.2 Å². The molecule has 2 rings (SSSR count). The molecular weight excluding hydrogens is 245 g/mol. The Morgan fingerprint density at radius 2 is 2.11 bits per heavy atom. The molecule has 0 amide bonds. The topological polar surface area (TPSA) is 55.0 Å². The van der Waals surface area contributed by atoms with E-state index >= 15 is 0 Å². The van der Waals surface area contributed by atoms with Crippen LogP contribution in [0.1, 0.15) is 19.0 Å². The lowest BCUT2D eigenvalue weighted by Gasteiger charge is -2.22. The van der Waals surface area contributed by atoms with E-state index < -0.39 is 11.9 Å². The molecule has 1 saturated heterocycles. The van der Waals surface area contributed by atoms with Crippen LogP contribution in [-0.2, 0) is 6.18 Å². The van der Waals surface area contributed by atoms with E-state index in [0.29, 0.717) is 18.9 Å². The summed E-state index contributed by atoms with van der Waals surface area (Å²) in [6.07, 6.45) is -3.53. The Morgan fingerprint density at radius 3 is 2.56 bits per heavy atom. The predicted molar refractivity (Wildman–Crippen MR) is 61.0 cm³/mol. The summed E-state index contributed by atoms with van der Waals surface area (Å²) < 4.78 is 37.0. The minimum atomic E-state index is -4.44. The summed E-state index contributed by atoms with van der Waals surface area (Å²) in [6.45, 7) is 4.05. The number of hydrogen-bond acceptors (Lipinski definition) is 4. The molecule has 1 aliphatic heterocycles. The largest absolute Gasteiger partial charge is 0.435 e. The van der Waals surface area contributed by atoms with Crippen molar-refractivity contribution in [2.75, 3.05) is 24.5 Å². The van der Waals surface area contributed by atoms with Crippen LogP contribution in [0, 0.1) is 5.41 Å². The van der Waals surface area contributed by atoms with E-state index in [1.165, 1.54) is 6.07 Å². The first-order chi connectivity index (χ1) is 8.34. The molecule has 1 unspecified atom stereocenters. The Kier molecular flexibility index (Phi) is 3.18. The number of nitrogens with zero attached hydrogens (tertiary/aromatic N) is 3. The van der Waals surface area contributed by atoms with Gasteiger partial charge in [0.05, 0.1) is 0 Å². The highest BCUT2D eigenvalue weighted by Crippen LogP contribution is 2.32. The lowest BCUT2D eigenvalue weighted by atomic mass is 9.90. The van der Waals surface area contributed by atoms with Crippen LogP contribution in [-0.4, -0.2) is 29.8 Å². The first kappa shape index (κ1) is 13.1. The third-order valence-corrected chi connectivity index (χ3v) is 3.32. The van der Waals surface area contributed by atoms with Crippen molar-refractivity contribution in [2.45, 2.75) is 19.5 Å². The fourth-order valence-corrected chi connectivity index (χ4v) is 2.03. The van der Waals surface area contributed by atoms with Gasteiger partial charge in [0.25, 0.3) is 0 Å². The molecule has 0 aliphatic carbocycles. The number of halogens is 3. The van der Waals surface area contributed by atoms with Crippen LogP contribution in [0.5, 0.6) is 0 Å². The van der Waals surface area contributed by atoms with Crippen LogP contribution in [0.2, 0.25) is 0 Å². The zero-order valence-electron chi connectivity index (χ0n) is 10.0. The van der Waals surface area contributed by atoms with Gasteiger partial charge in [0, 0.05) is 13.1 Å². The molecule has 2 N–H and O–H groups in total. The van der Waals surface area contributed by atoms with Gasteiger partial charge in [-0.1, -0.05) is 6.92 Å². The molecule has 1 aromatic heterocycles. The number of rotatable bonds is 2. The molecule has 0 aromatic carbocycles. The van der Waals surface area contributed by atoms with Crippen LogP contribution in [0.4, 0.5) is 19.0 Å². The number of aromatic nitrogens is 2. The molecule has 1 fully saturated rings. The second-order valence-electron chi connectivity index (χ2n) is 4.96. The fourth-order valence-electron chi connectivity index (χ4n) is 2.03. The van der Waals surface area contributed by atoms with Gasteiger partial charge in [0.2, 0.25) is 0 Å².